The molecule has 2 atom stereocenters. The van der Waals surface area contributed by atoms with Crippen LogP contribution in [0, 0.1) is 0 Å². The van der Waals surface area contributed by atoms with Gasteiger partial charge in [0.1, 0.15) is 12.6 Å². The number of hydrogen-bond donors (Lipinski definition) is 1. The van der Waals surface area contributed by atoms with Crippen LogP contribution in [0.3, 0.4) is 0 Å². The van der Waals surface area contributed by atoms with Crippen LogP contribution < -0.4 is 9.62 Å². The van der Waals surface area contributed by atoms with Crippen molar-refractivity contribution >= 4 is 62.3 Å². The maximum absolute atomic E-state index is 13.5. The zero-order valence-corrected chi connectivity index (χ0v) is 22.5. The predicted molar refractivity (Wildman–Crippen MR) is 138 cm³/mol. The molecule has 2 aromatic carbocycles. The Balaban J connectivity index is 2.42. The van der Waals surface area contributed by atoms with E-state index in [9.17, 15) is 18.0 Å². The third-order valence-corrected chi connectivity index (χ3v) is 7.50. The molecule has 0 aliphatic heterocycles. The lowest BCUT2D eigenvalue weighted by molar-refractivity contribution is -0.139. The van der Waals surface area contributed by atoms with Gasteiger partial charge in [-0.3, -0.25) is 13.9 Å². The zero-order valence-electron chi connectivity index (χ0n) is 19.4. The Morgan fingerprint density at radius 2 is 1.65 bits per heavy atom. The number of nitrogens with one attached hydrogen (secondary N) is 1. The van der Waals surface area contributed by atoms with Crippen molar-refractivity contribution in [1.29, 1.82) is 0 Å². The lowest BCUT2D eigenvalue weighted by atomic mass is 10.1. The van der Waals surface area contributed by atoms with Gasteiger partial charge in [0.2, 0.25) is 21.8 Å². The molecular weight excluding hydrogens is 521 g/mol. The van der Waals surface area contributed by atoms with Crippen LogP contribution in [0.2, 0.25) is 15.1 Å². The summed E-state index contributed by atoms with van der Waals surface area (Å²) in [7, 11) is -3.91. The normalized spacial score (nSPS) is 13.1. The second-order valence-corrected chi connectivity index (χ2v) is 11.1. The first-order chi connectivity index (χ1) is 15.8. The summed E-state index contributed by atoms with van der Waals surface area (Å²) >= 11 is 18.3. The van der Waals surface area contributed by atoms with Crippen LogP contribution in [0.15, 0.2) is 42.5 Å². The van der Waals surface area contributed by atoms with Crippen LogP contribution in [0.4, 0.5) is 5.69 Å². The van der Waals surface area contributed by atoms with Crippen LogP contribution in [-0.4, -0.2) is 50.0 Å². The molecule has 2 rings (SSSR count). The average molecular weight is 549 g/mol. The Morgan fingerprint density at radius 1 is 1.03 bits per heavy atom. The van der Waals surface area contributed by atoms with E-state index in [0.29, 0.717) is 5.02 Å². The SMILES string of the molecule is CC[C@@H](C)NC(=O)[C@@H](C)N(Cc1ccc(Cl)cc1)C(=O)CN(c1cccc(Cl)c1Cl)S(C)(=O)=O. The summed E-state index contributed by atoms with van der Waals surface area (Å²) in [6.45, 7) is 4.91. The molecule has 0 aliphatic carbocycles. The Bertz CT molecular complexity index is 1130. The van der Waals surface area contributed by atoms with Crippen LogP contribution in [0.1, 0.15) is 32.8 Å². The molecule has 0 saturated heterocycles. The van der Waals surface area contributed by atoms with Crippen LogP contribution in [-0.2, 0) is 26.2 Å². The molecule has 0 aromatic heterocycles. The fourth-order valence-electron chi connectivity index (χ4n) is 3.11. The highest BCUT2D eigenvalue weighted by atomic mass is 35.5. The van der Waals surface area contributed by atoms with E-state index >= 15 is 0 Å². The Morgan fingerprint density at radius 3 is 2.21 bits per heavy atom. The molecule has 0 spiro atoms. The van der Waals surface area contributed by atoms with Gasteiger partial charge in [0.05, 0.1) is 22.0 Å². The zero-order chi connectivity index (χ0) is 25.6. The van der Waals surface area contributed by atoms with Crippen molar-refractivity contribution in [1.82, 2.24) is 10.2 Å². The standard InChI is InChI=1S/C23H28Cl3N3O4S/c1-5-15(2)27-23(31)16(3)28(13-17-9-11-18(24)12-10-17)21(30)14-29(34(4,32)33)20-8-6-7-19(25)22(20)26/h6-12,15-16H,5,13-14H2,1-4H3,(H,27,31)/t15-,16-/m1/s1. The highest BCUT2D eigenvalue weighted by Crippen LogP contribution is 2.33. The first kappa shape index (κ1) is 28.2. The molecule has 0 aliphatic rings. The van der Waals surface area contributed by atoms with E-state index in [1.54, 1.807) is 37.3 Å². The molecule has 0 radical (unpaired) electrons. The van der Waals surface area contributed by atoms with Crippen molar-refractivity contribution in [2.75, 3.05) is 17.1 Å². The number of halogens is 3. The number of sulfonamides is 1. The van der Waals surface area contributed by atoms with E-state index in [-0.39, 0.29) is 34.2 Å². The minimum Gasteiger partial charge on any atom is -0.352 e. The van der Waals surface area contributed by atoms with Gasteiger partial charge in [-0.2, -0.15) is 0 Å². The fraction of sp³-hybridized carbons (Fsp3) is 0.391. The summed E-state index contributed by atoms with van der Waals surface area (Å²) in [5, 5.41) is 3.56. The largest absolute Gasteiger partial charge is 0.352 e. The van der Waals surface area contributed by atoms with Gasteiger partial charge in [0.25, 0.3) is 0 Å². The number of benzene rings is 2. The smallest absolute Gasteiger partial charge is 0.244 e. The van der Waals surface area contributed by atoms with Gasteiger partial charge in [-0.05, 0) is 50.1 Å². The molecule has 1 N–H and O–H groups in total. The minimum atomic E-state index is -3.91. The second kappa shape index (κ2) is 12.1. The molecule has 0 bridgehead atoms. The quantitative estimate of drug-likeness (QED) is 0.464. The monoisotopic (exact) mass is 547 g/mol. The topological polar surface area (TPSA) is 86.8 Å². The Kier molecular flexibility index (Phi) is 10.1. The van der Waals surface area contributed by atoms with Crippen LogP contribution in [0.25, 0.3) is 0 Å². The van der Waals surface area contributed by atoms with Crippen LogP contribution >= 0.6 is 34.8 Å². The van der Waals surface area contributed by atoms with E-state index in [1.807, 2.05) is 13.8 Å². The summed E-state index contributed by atoms with van der Waals surface area (Å²) in [4.78, 5) is 27.7. The lowest BCUT2D eigenvalue weighted by Gasteiger charge is -2.32. The summed E-state index contributed by atoms with van der Waals surface area (Å²) in [6.07, 6.45) is 1.69. The van der Waals surface area contributed by atoms with E-state index in [1.165, 1.54) is 17.0 Å². The maximum Gasteiger partial charge on any atom is 0.244 e. The molecule has 186 valence electrons. The Hall–Kier alpha value is -2.00. The first-order valence-corrected chi connectivity index (χ1v) is 13.6. The molecule has 0 saturated carbocycles. The van der Waals surface area contributed by atoms with Crippen molar-refractivity contribution in [3.8, 4) is 0 Å². The summed E-state index contributed by atoms with van der Waals surface area (Å²) < 4.78 is 26.1. The highest BCUT2D eigenvalue weighted by molar-refractivity contribution is 7.92. The molecule has 11 heteroatoms. The highest BCUT2D eigenvalue weighted by Gasteiger charge is 2.31. The van der Waals surface area contributed by atoms with Crippen LogP contribution in [0.5, 0.6) is 0 Å². The van der Waals surface area contributed by atoms with Gasteiger partial charge >= 0.3 is 0 Å². The molecule has 0 fully saturated rings. The number of anilines is 1. The number of amides is 2. The van der Waals surface area contributed by atoms with Gasteiger partial charge < -0.3 is 10.2 Å². The van der Waals surface area contributed by atoms with Crippen molar-refractivity contribution in [3.05, 3.63) is 63.1 Å². The van der Waals surface area contributed by atoms with Gasteiger partial charge in [-0.25, -0.2) is 8.42 Å². The van der Waals surface area contributed by atoms with Gasteiger partial charge in [0.15, 0.2) is 0 Å². The fourth-order valence-corrected chi connectivity index (χ4v) is 4.54. The van der Waals surface area contributed by atoms with E-state index < -0.39 is 28.5 Å². The van der Waals surface area contributed by atoms with Crippen molar-refractivity contribution in [2.45, 2.75) is 45.8 Å². The van der Waals surface area contributed by atoms with Crippen molar-refractivity contribution < 1.29 is 18.0 Å². The lowest BCUT2D eigenvalue weighted by Crippen LogP contribution is -2.52. The average Bonchev–Trinajstić information content (AvgIpc) is 2.77. The molecule has 7 nitrogen and oxygen atoms in total. The predicted octanol–water partition coefficient (Wildman–Crippen LogP) is 4.74. The molecule has 0 heterocycles. The third-order valence-electron chi connectivity index (χ3n) is 5.31. The summed E-state index contributed by atoms with van der Waals surface area (Å²) in [5.74, 6) is -0.924. The summed E-state index contributed by atoms with van der Waals surface area (Å²) in [5.41, 5.74) is 0.806. The van der Waals surface area contributed by atoms with Gasteiger partial charge in [-0.15, -0.1) is 0 Å². The molecule has 2 amide bonds. The summed E-state index contributed by atoms with van der Waals surface area (Å²) in [6, 6.07) is 10.4. The second-order valence-electron chi connectivity index (χ2n) is 7.98. The molecular formula is C23H28Cl3N3O4S. The van der Waals surface area contributed by atoms with Crippen molar-refractivity contribution in [3.63, 3.8) is 0 Å². The van der Waals surface area contributed by atoms with Gasteiger partial charge in [-0.1, -0.05) is 59.9 Å². The number of carbonyl (C=O) groups excluding carboxylic acids is 2. The molecule has 2 aromatic rings. The number of rotatable bonds is 10. The first-order valence-electron chi connectivity index (χ1n) is 10.6. The van der Waals surface area contributed by atoms with Crippen molar-refractivity contribution in [2.24, 2.45) is 0 Å². The third kappa shape index (κ3) is 7.50. The molecule has 0 unspecified atom stereocenters. The van der Waals surface area contributed by atoms with Gasteiger partial charge in [0, 0.05) is 17.6 Å². The van der Waals surface area contributed by atoms with E-state index in [2.05, 4.69) is 5.32 Å². The van der Waals surface area contributed by atoms with E-state index in [0.717, 1.165) is 22.5 Å². The Labute approximate surface area is 216 Å². The minimum absolute atomic E-state index is 0.00852. The maximum atomic E-state index is 13.5. The molecule has 34 heavy (non-hydrogen) atoms. The number of nitrogens with zero attached hydrogens (tertiary/aromatic N) is 2. The number of hydrogen-bond acceptors (Lipinski definition) is 4. The van der Waals surface area contributed by atoms with E-state index in [4.69, 9.17) is 34.8 Å². The number of carbonyl (C=O) groups is 2.